The largest absolute Gasteiger partial charge is 0.481 e. The molecule has 0 fully saturated rings. The zero-order chi connectivity index (χ0) is 11.5. The number of rotatable bonds is 4. The molecule has 0 unspecified atom stereocenters. The first-order chi connectivity index (χ1) is 7.66. The molecule has 0 bridgehead atoms. The van der Waals surface area contributed by atoms with Crippen molar-refractivity contribution in [3.05, 3.63) is 41.9 Å². The van der Waals surface area contributed by atoms with Crippen LogP contribution >= 0.6 is 0 Å². The molecule has 0 radical (unpaired) electrons. The van der Waals surface area contributed by atoms with Crippen molar-refractivity contribution in [2.75, 3.05) is 0 Å². The van der Waals surface area contributed by atoms with Crippen LogP contribution in [0.2, 0.25) is 0 Å². The summed E-state index contributed by atoms with van der Waals surface area (Å²) in [6.45, 7) is 2.31. The van der Waals surface area contributed by atoms with Crippen molar-refractivity contribution in [1.82, 2.24) is 9.55 Å². The van der Waals surface area contributed by atoms with Crippen LogP contribution in [0.1, 0.15) is 17.1 Å². The molecule has 0 amide bonds. The molecule has 0 saturated carbocycles. The lowest BCUT2D eigenvalue weighted by Crippen LogP contribution is -2.09. The number of aromatic nitrogens is 2. The van der Waals surface area contributed by atoms with Gasteiger partial charge in [0, 0.05) is 0 Å². The lowest BCUT2D eigenvalue weighted by molar-refractivity contribution is -0.136. The maximum atomic E-state index is 10.7. The highest BCUT2D eigenvalue weighted by molar-refractivity contribution is 5.69. The molecule has 2 rings (SSSR count). The van der Waals surface area contributed by atoms with Crippen molar-refractivity contribution in [1.29, 1.82) is 0 Å². The normalized spacial score (nSPS) is 10.6. The molecule has 16 heavy (non-hydrogen) atoms. The molecular formula is C11H12N2O3. The van der Waals surface area contributed by atoms with Gasteiger partial charge in [0.25, 0.3) is 0 Å². The fraction of sp³-hybridized carbons (Fsp3) is 0.273. The van der Waals surface area contributed by atoms with Crippen LogP contribution in [0.25, 0.3) is 0 Å². The molecule has 2 aromatic rings. The maximum Gasteiger partial charge on any atom is 0.309 e. The minimum Gasteiger partial charge on any atom is -0.481 e. The molecule has 0 spiro atoms. The van der Waals surface area contributed by atoms with Crippen LogP contribution in [0.5, 0.6) is 0 Å². The van der Waals surface area contributed by atoms with E-state index < -0.39 is 5.97 Å². The number of nitrogens with zero attached hydrogens (tertiary/aromatic N) is 2. The predicted octanol–water partition coefficient (Wildman–Crippen LogP) is 1.46. The van der Waals surface area contributed by atoms with Gasteiger partial charge in [0.15, 0.2) is 0 Å². The van der Waals surface area contributed by atoms with Crippen LogP contribution in [0.4, 0.5) is 0 Å². The molecule has 2 heterocycles. The van der Waals surface area contributed by atoms with Crippen molar-refractivity contribution in [3.8, 4) is 0 Å². The van der Waals surface area contributed by atoms with Crippen LogP contribution in [-0.4, -0.2) is 20.6 Å². The molecule has 0 aliphatic heterocycles. The van der Waals surface area contributed by atoms with Crippen molar-refractivity contribution in [3.63, 3.8) is 0 Å². The third kappa shape index (κ3) is 2.13. The Morgan fingerprint density at radius 2 is 2.44 bits per heavy atom. The number of hydrogen-bond donors (Lipinski definition) is 1. The van der Waals surface area contributed by atoms with Gasteiger partial charge in [-0.05, 0) is 19.1 Å². The molecule has 2 aromatic heterocycles. The summed E-state index contributed by atoms with van der Waals surface area (Å²) >= 11 is 0. The van der Waals surface area contributed by atoms with Crippen molar-refractivity contribution >= 4 is 5.97 Å². The predicted molar refractivity (Wildman–Crippen MR) is 56.1 cm³/mol. The van der Waals surface area contributed by atoms with E-state index in [0.29, 0.717) is 12.2 Å². The summed E-state index contributed by atoms with van der Waals surface area (Å²) in [4.78, 5) is 14.8. The first kappa shape index (κ1) is 10.5. The number of carboxylic acids is 1. The Kier molecular flexibility index (Phi) is 2.76. The standard InChI is InChI=1S/C11H12N2O3/c1-8-10(5-11(14)15)13(7-12-8)6-9-3-2-4-16-9/h2-4,7H,5-6H2,1H3,(H,14,15). The summed E-state index contributed by atoms with van der Waals surface area (Å²) in [5.74, 6) is -0.0756. The molecule has 84 valence electrons. The second-order valence-corrected chi connectivity index (χ2v) is 3.55. The van der Waals surface area contributed by atoms with Crippen LogP contribution < -0.4 is 0 Å². The topological polar surface area (TPSA) is 68.3 Å². The number of carbonyl (C=O) groups is 1. The van der Waals surface area contributed by atoms with E-state index >= 15 is 0 Å². The van der Waals surface area contributed by atoms with E-state index in [9.17, 15) is 4.79 Å². The van der Waals surface area contributed by atoms with Gasteiger partial charge in [-0.25, -0.2) is 4.98 Å². The summed E-state index contributed by atoms with van der Waals surface area (Å²) in [5.41, 5.74) is 1.46. The summed E-state index contributed by atoms with van der Waals surface area (Å²) in [6, 6.07) is 3.65. The minimum atomic E-state index is -0.857. The molecule has 0 aliphatic rings. The number of aliphatic carboxylic acids is 1. The Hall–Kier alpha value is -2.04. The molecule has 0 aliphatic carbocycles. The highest BCUT2D eigenvalue weighted by Gasteiger charge is 2.12. The van der Waals surface area contributed by atoms with Gasteiger partial charge in [0.1, 0.15) is 5.76 Å². The van der Waals surface area contributed by atoms with E-state index in [2.05, 4.69) is 4.98 Å². The van der Waals surface area contributed by atoms with Gasteiger partial charge in [-0.2, -0.15) is 0 Å². The first-order valence-corrected chi connectivity index (χ1v) is 4.91. The first-order valence-electron chi connectivity index (χ1n) is 4.91. The van der Waals surface area contributed by atoms with Crippen molar-refractivity contribution in [2.45, 2.75) is 19.9 Å². The Labute approximate surface area is 92.3 Å². The quantitative estimate of drug-likeness (QED) is 0.846. The molecular weight excluding hydrogens is 208 g/mol. The summed E-state index contributed by atoms with van der Waals surface area (Å²) in [5, 5.41) is 8.80. The summed E-state index contributed by atoms with van der Waals surface area (Å²) in [7, 11) is 0. The van der Waals surface area contributed by atoms with E-state index in [1.165, 1.54) is 0 Å². The molecule has 5 nitrogen and oxygen atoms in total. The number of hydrogen-bond acceptors (Lipinski definition) is 3. The molecule has 0 atom stereocenters. The molecule has 5 heteroatoms. The summed E-state index contributed by atoms with van der Waals surface area (Å²) < 4.78 is 7.00. The summed E-state index contributed by atoms with van der Waals surface area (Å²) in [6.07, 6.45) is 3.21. The van der Waals surface area contributed by atoms with E-state index in [0.717, 1.165) is 11.5 Å². The highest BCUT2D eigenvalue weighted by Crippen LogP contribution is 2.11. The number of carboxylic acid groups (broad SMARTS) is 1. The molecule has 0 saturated heterocycles. The highest BCUT2D eigenvalue weighted by atomic mass is 16.4. The van der Waals surface area contributed by atoms with Gasteiger partial charge in [0.05, 0.1) is 36.9 Å². The second-order valence-electron chi connectivity index (χ2n) is 3.55. The van der Waals surface area contributed by atoms with Gasteiger partial charge in [-0.15, -0.1) is 0 Å². The minimum absolute atomic E-state index is 0.0213. The monoisotopic (exact) mass is 220 g/mol. The van der Waals surface area contributed by atoms with Crippen LogP contribution in [0.3, 0.4) is 0 Å². The maximum absolute atomic E-state index is 10.7. The Balaban J connectivity index is 2.24. The lowest BCUT2D eigenvalue weighted by Gasteiger charge is -2.05. The van der Waals surface area contributed by atoms with Crippen LogP contribution in [-0.2, 0) is 17.8 Å². The fourth-order valence-electron chi connectivity index (χ4n) is 1.59. The SMILES string of the molecule is Cc1ncn(Cc2ccco2)c1CC(=O)O. The number of imidazole rings is 1. The molecule has 1 N–H and O–H groups in total. The smallest absolute Gasteiger partial charge is 0.309 e. The van der Waals surface area contributed by atoms with E-state index in [1.54, 1.807) is 30.1 Å². The lowest BCUT2D eigenvalue weighted by atomic mass is 10.2. The third-order valence-corrected chi connectivity index (χ3v) is 2.38. The average Bonchev–Trinajstić information content (AvgIpc) is 2.82. The Morgan fingerprint density at radius 3 is 3.06 bits per heavy atom. The van der Waals surface area contributed by atoms with Gasteiger partial charge in [-0.3, -0.25) is 4.79 Å². The second kappa shape index (κ2) is 4.22. The average molecular weight is 220 g/mol. The number of aryl methyl sites for hydroxylation is 1. The number of furan rings is 1. The Morgan fingerprint density at radius 1 is 1.62 bits per heavy atom. The van der Waals surface area contributed by atoms with Gasteiger partial charge >= 0.3 is 5.97 Å². The fourth-order valence-corrected chi connectivity index (χ4v) is 1.59. The van der Waals surface area contributed by atoms with Crippen LogP contribution in [0, 0.1) is 6.92 Å². The van der Waals surface area contributed by atoms with Crippen molar-refractivity contribution < 1.29 is 14.3 Å². The Bertz CT molecular complexity index is 485. The van der Waals surface area contributed by atoms with E-state index in [1.807, 2.05) is 6.07 Å². The van der Waals surface area contributed by atoms with Crippen molar-refractivity contribution in [2.24, 2.45) is 0 Å². The van der Waals surface area contributed by atoms with Crippen LogP contribution in [0.15, 0.2) is 29.1 Å². The van der Waals surface area contributed by atoms with Gasteiger partial charge < -0.3 is 14.1 Å². The third-order valence-electron chi connectivity index (χ3n) is 2.38. The zero-order valence-corrected chi connectivity index (χ0v) is 8.88. The van der Waals surface area contributed by atoms with E-state index in [-0.39, 0.29) is 6.42 Å². The van der Waals surface area contributed by atoms with E-state index in [4.69, 9.17) is 9.52 Å². The van der Waals surface area contributed by atoms with Gasteiger partial charge in [0.2, 0.25) is 0 Å². The van der Waals surface area contributed by atoms with Gasteiger partial charge in [-0.1, -0.05) is 0 Å². The zero-order valence-electron chi connectivity index (χ0n) is 8.88. The molecule has 0 aromatic carbocycles.